The van der Waals surface area contributed by atoms with E-state index in [4.69, 9.17) is 0 Å². The molecule has 0 aromatic heterocycles. The maximum atomic E-state index is 3.30. The van der Waals surface area contributed by atoms with Crippen LogP contribution in [0.15, 0.2) is 60.7 Å². The van der Waals surface area contributed by atoms with Gasteiger partial charge in [-0.3, -0.25) is 6.08 Å². The second kappa shape index (κ2) is 11.7. The SMILES string of the molecule is [C-]1=CC=CC1.[CH3-].[CH3-].[Ti]=[Ge].[c-]1cccc2c1Cc1ccccc1-2. The molecule has 0 aliphatic heterocycles. The van der Waals surface area contributed by atoms with Gasteiger partial charge in [-0.05, 0) is 6.42 Å². The van der Waals surface area contributed by atoms with Gasteiger partial charge in [0, 0.05) is 0 Å². The number of fused-ring (bicyclic) bond motifs is 3. The fraction of sp³-hybridized carbons (Fsp3) is 0.100. The van der Waals surface area contributed by atoms with Crippen molar-refractivity contribution >= 4 is 13.1 Å². The first kappa shape index (κ1) is 21.2. The Bertz CT molecular complexity index is 576. The molecule has 0 N–H and O–H groups in total. The van der Waals surface area contributed by atoms with Gasteiger partial charge >= 0.3 is 30.7 Å². The van der Waals surface area contributed by atoms with Crippen molar-refractivity contribution in [3.63, 3.8) is 0 Å². The van der Waals surface area contributed by atoms with Crippen molar-refractivity contribution in [2.45, 2.75) is 12.8 Å². The summed E-state index contributed by atoms with van der Waals surface area (Å²) >= 11 is 4.00. The first-order valence-electron chi connectivity index (χ1n) is 6.50. The summed E-state index contributed by atoms with van der Waals surface area (Å²) in [4.78, 5) is 0. The van der Waals surface area contributed by atoms with Gasteiger partial charge in [-0.15, -0.1) is 12.0 Å². The zero-order valence-corrected chi connectivity index (χ0v) is 16.8. The molecule has 2 radical (unpaired) electrons. The molecular formula is C20H20GeTi-4. The molecule has 22 heavy (non-hydrogen) atoms. The van der Waals surface area contributed by atoms with Gasteiger partial charge in [-0.25, -0.2) is 12.2 Å². The van der Waals surface area contributed by atoms with Crippen LogP contribution in [-0.2, 0) is 24.0 Å². The van der Waals surface area contributed by atoms with Gasteiger partial charge < -0.3 is 14.9 Å². The first-order valence-corrected chi connectivity index (χ1v) is 11.6. The molecule has 0 saturated heterocycles. The van der Waals surface area contributed by atoms with Crippen LogP contribution >= 0.6 is 0 Å². The van der Waals surface area contributed by atoms with Crippen LogP contribution in [0.1, 0.15) is 17.5 Å². The van der Waals surface area contributed by atoms with Crippen molar-refractivity contribution in [3.8, 4) is 11.1 Å². The van der Waals surface area contributed by atoms with E-state index in [0.29, 0.717) is 0 Å². The summed E-state index contributed by atoms with van der Waals surface area (Å²) in [7, 11) is 0. The molecule has 0 bridgehead atoms. The largest absolute Gasteiger partial charge is 0.179 e. The van der Waals surface area contributed by atoms with Crippen LogP contribution in [-0.4, -0.2) is 13.1 Å². The average molecular weight is 381 g/mol. The van der Waals surface area contributed by atoms with E-state index in [1.807, 2.05) is 49.0 Å². The van der Waals surface area contributed by atoms with Crippen molar-refractivity contribution in [2.75, 3.05) is 0 Å². The van der Waals surface area contributed by atoms with Gasteiger partial charge in [0.05, 0.1) is 0 Å². The maximum absolute atomic E-state index is 3.30. The Morgan fingerprint density at radius 1 is 0.955 bits per heavy atom. The molecule has 0 atom stereocenters. The molecule has 112 valence electrons. The summed E-state index contributed by atoms with van der Waals surface area (Å²) in [5.41, 5.74) is 5.51. The number of allylic oxidation sites excluding steroid dienone is 4. The van der Waals surface area contributed by atoms with Crippen molar-refractivity contribution < 1.29 is 17.6 Å². The fourth-order valence-electron chi connectivity index (χ4n) is 2.34. The quantitative estimate of drug-likeness (QED) is 0.385. The summed E-state index contributed by atoms with van der Waals surface area (Å²) in [5.74, 6) is 0. The van der Waals surface area contributed by atoms with Crippen LogP contribution in [0.3, 0.4) is 0 Å². The van der Waals surface area contributed by atoms with Gasteiger partial charge in [-0.1, -0.05) is 35.4 Å². The van der Waals surface area contributed by atoms with Gasteiger partial charge in [0.2, 0.25) is 0 Å². The van der Waals surface area contributed by atoms with Crippen LogP contribution in [0.2, 0.25) is 0 Å². The molecule has 0 fully saturated rings. The molecule has 2 heteroatoms. The fourth-order valence-corrected chi connectivity index (χ4v) is 2.34. The van der Waals surface area contributed by atoms with E-state index in [-0.39, 0.29) is 14.9 Å². The van der Waals surface area contributed by atoms with Gasteiger partial charge in [0.25, 0.3) is 0 Å². The number of benzene rings is 2. The van der Waals surface area contributed by atoms with E-state index in [0.717, 1.165) is 12.8 Å². The number of rotatable bonds is 0. The van der Waals surface area contributed by atoms with E-state index < -0.39 is 0 Å². The smallest absolute Gasteiger partial charge is 0.0253 e. The normalized spacial score (nSPS) is 11.4. The third-order valence-corrected chi connectivity index (χ3v) is 3.20. The molecule has 0 saturated carbocycles. The molecule has 4 rings (SSSR count). The van der Waals surface area contributed by atoms with E-state index >= 15 is 0 Å². The van der Waals surface area contributed by atoms with Gasteiger partial charge in [0.15, 0.2) is 0 Å². The monoisotopic (exact) mass is 382 g/mol. The molecule has 0 spiro atoms. The van der Waals surface area contributed by atoms with Crippen LogP contribution in [0.5, 0.6) is 0 Å². The Kier molecular flexibility index (Phi) is 11.3. The molecular weight excluding hydrogens is 361 g/mol. The maximum Gasteiger partial charge on any atom is -0.0253 e. The molecule has 0 heterocycles. The van der Waals surface area contributed by atoms with E-state index in [1.165, 1.54) is 22.3 Å². The van der Waals surface area contributed by atoms with Gasteiger partial charge in [0.1, 0.15) is 0 Å². The van der Waals surface area contributed by atoms with Crippen LogP contribution in [0.4, 0.5) is 0 Å². The second-order valence-corrected chi connectivity index (χ2v) is 4.40. The molecule has 2 aromatic carbocycles. The summed E-state index contributed by atoms with van der Waals surface area (Å²) < 4.78 is 0. The van der Waals surface area contributed by atoms with Gasteiger partial charge in [-0.2, -0.15) is 35.9 Å². The Hall–Kier alpha value is -0.823. The van der Waals surface area contributed by atoms with Crippen molar-refractivity contribution in [1.29, 1.82) is 0 Å². The van der Waals surface area contributed by atoms with Crippen LogP contribution in [0, 0.1) is 27.0 Å². The average Bonchev–Trinajstić information content (AvgIpc) is 3.20. The Morgan fingerprint density at radius 3 is 2.32 bits per heavy atom. The molecule has 2 aliphatic carbocycles. The molecule has 0 unspecified atom stereocenters. The standard InChI is InChI=1S/C13H9.C5H5.2CH3.Ge.Ti/c1-3-7-12-10(5-1)9-11-6-2-4-8-13(11)12;1-2-4-5-3-1;;;;/h1-5,7-8H,9H2;1-3H,4H2;2*1H3;;/q4*-1;;. The third-order valence-electron chi connectivity index (χ3n) is 3.20. The minimum Gasteiger partial charge on any atom is -0.179 e. The van der Waals surface area contributed by atoms with E-state index in [1.54, 1.807) is 0 Å². The Balaban J connectivity index is 0.000000422. The first-order chi connectivity index (χ1) is 9.95. The number of hydrogen-bond donors (Lipinski definition) is 0. The minimum atomic E-state index is 0. The predicted octanol–water partition coefficient (Wildman–Crippen LogP) is 4.88. The van der Waals surface area contributed by atoms with Crippen molar-refractivity contribution in [3.05, 3.63) is 98.8 Å². The topological polar surface area (TPSA) is 0 Å². The second-order valence-electron chi connectivity index (χ2n) is 4.40. The molecule has 0 amide bonds. The molecule has 2 aliphatic rings. The Morgan fingerprint density at radius 2 is 1.68 bits per heavy atom. The minimum absolute atomic E-state index is 0. The summed E-state index contributed by atoms with van der Waals surface area (Å²) in [6.07, 6.45) is 11.0. The molecule has 0 nitrogen and oxygen atoms in total. The van der Waals surface area contributed by atoms with Crippen molar-refractivity contribution in [1.82, 2.24) is 0 Å². The number of hydrogen-bond acceptors (Lipinski definition) is 0. The molecule has 2 aromatic rings. The summed E-state index contributed by atoms with van der Waals surface area (Å²) in [6.45, 7) is 0. The van der Waals surface area contributed by atoms with Crippen molar-refractivity contribution in [2.24, 2.45) is 0 Å². The Labute approximate surface area is 153 Å². The summed E-state index contributed by atoms with van der Waals surface area (Å²) in [5, 5.41) is 0. The predicted molar refractivity (Wildman–Crippen MR) is 93.7 cm³/mol. The van der Waals surface area contributed by atoms with E-state index in [9.17, 15) is 0 Å². The van der Waals surface area contributed by atoms with Crippen LogP contribution < -0.4 is 0 Å². The van der Waals surface area contributed by atoms with Crippen LogP contribution in [0.25, 0.3) is 11.1 Å². The zero-order chi connectivity index (χ0) is 14.2. The zero-order valence-electron chi connectivity index (χ0n) is 13.2. The van der Waals surface area contributed by atoms with E-state index in [2.05, 4.69) is 54.6 Å². The summed E-state index contributed by atoms with van der Waals surface area (Å²) in [6, 6.07) is 18.1. The third kappa shape index (κ3) is 5.42.